The number of benzene rings is 3. The maximum Gasteiger partial charge on any atom is 0.269 e. The van der Waals surface area contributed by atoms with Crippen molar-refractivity contribution >= 4 is 40.2 Å². The third-order valence-electron chi connectivity index (χ3n) is 5.36. The molecule has 0 saturated heterocycles. The number of nitrogens with zero attached hydrogens (tertiary/aromatic N) is 4. The van der Waals surface area contributed by atoms with Crippen molar-refractivity contribution in [2.24, 2.45) is 5.10 Å². The zero-order chi connectivity index (χ0) is 23.1. The summed E-state index contributed by atoms with van der Waals surface area (Å²) < 4.78 is 0. The largest absolute Gasteiger partial charge is 0.289 e. The van der Waals surface area contributed by atoms with Gasteiger partial charge in [-0.2, -0.15) is 5.10 Å². The van der Waals surface area contributed by atoms with Gasteiger partial charge in [-0.3, -0.25) is 25.1 Å². The molecule has 9 nitrogen and oxygen atoms in total. The van der Waals surface area contributed by atoms with Gasteiger partial charge in [0.1, 0.15) is 5.82 Å². The summed E-state index contributed by atoms with van der Waals surface area (Å²) >= 11 is 0. The van der Waals surface area contributed by atoms with Crippen molar-refractivity contribution in [3.63, 3.8) is 0 Å². The molecule has 1 N–H and O–H groups in total. The Labute approximate surface area is 187 Å². The Morgan fingerprint density at radius 2 is 1.61 bits per heavy atom. The van der Waals surface area contributed by atoms with Gasteiger partial charge in [-0.15, -0.1) is 0 Å². The lowest BCUT2D eigenvalue weighted by Gasteiger charge is -2.19. The molecule has 160 valence electrons. The number of fused-ring (bicyclic) bond motifs is 4. The van der Waals surface area contributed by atoms with E-state index in [-0.39, 0.29) is 22.8 Å². The lowest BCUT2D eigenvalue weighted by Crippen LogP contribution is -2.21. The van der Waals surface area contributed by atoms with Crippen molar-refractivity contribution in [2.45, 2.75) is 6.92 Å². The van der Waals surface area contributed by atoms with E-state index in [0.717, 1.165) is 0 Å². The van der Waals surface area contributed by atoms with E-state index in [1.54, 1.807) is 55.5 Å². The molecule has 0 atom stereocenters. The number of non-ortho nitro benzene ring substituents is 1. The SMILES string of the molecule is Cc1nc(N/N=C\c2ccc([N+](=O)[O-])cc2)c2ccc3c(c2n1)C(=O)c1ccccc1C3=O. The molecule has 9 heteroatoms. The zero-order valence-corrected chi connectivity index (χ0v) is 17.3. The lowest BCUT2D eigenvalue weighted by atomic mass is 9.83. The van der Waals surface area contributed by atoms with Crippen LogP contribution in [-0.2, 0) is 0 Å². The normalized spacial score (nSPS) is 12.6. The molecule has 0 fully saturated rings. The van der Waals surface area contributed by atoms with Crippen LogP contribution >= 0.6 is 0 Å². The van der Waals surface area contributed by atoms with Crippen molar-refractivity contribution < 1.29 is 14.5 Å². The summed E-state index contributed by atoms with van der Waals surface area (Å²) in [7, 11) is 0. The Kier molecular flexibility index (Phi) is 4.71. The van der Waals surface area contributed by atoms with E-state index in [9.17, 15) is 19.7 Å². The first-order valence-corrected chi connectivity index (χ1v) is 9.97. The van der Waals surface area contributed by atoms with Crippen LogP contribution in [0.1, 0.15) is 43.2 Å². The second-order valence-corrected chi connectivity index (χ2v) is 7.43. The Hall–Kier alpha value is -4.79. The number of aryl methyl sites for hydroxylation is 1. The number of hydrogen-bond acceptors (Lipinski definition) is 8. The second kappa shape index (κ2) is 7.72. The standard InChI is InChI=1S/C24H15N5O4/c1-13-26-21-19(24(27-13)28-25-12-14-6-8-15(9-7-14)29(32)33)11-10-18-20(21)23(31)17-5-3-2-4-16(17)22(18)30/h2-12H,1H3,(H,26,27,28)/b25-12-. The summed E-state index contributed by atoms with van der Waals surface area (Å²) in [6.07, 6.45) is 1.50. The molecule has 3 aromatic carbocycles. The summed E-state index contributed by atoms with van der Waals surface area (Å²) in [6.45, 7) is 1.69. The predicted octanol–water partition coefficient (Wildman–Crippen LogP) is 4.07. The molecule has 0 radical (unpaired) electrons. The van der Waals surface area contributed by atoms with E-state index in [2.05, 4.69) is 20.5 Å². The van der Waals surface area contributed by atoms with Crippen LogP contribution in [0.5, 0.6) is 0 Å². The van der Waals surface area contributed by atoms with Crippen molar-refractivity contribution in [3.8, 4) is 0 Å². The van der Waals surface area contributed by atoms with Crippen LogP contribution < -0.4 is 5.43 Å². The quantitative estimate of drug-likeness (QED) is 0.255. The molecule has 4 aromatic rings. The molecule has 0 bridgehead atoms. The van der Waals surface area contributed by atoms with E-state index < -0.39 is 4.92 Å². The smallest absolute Gasteiger partial charge is 0.269 e. The number of carbonyl (C=O) groups excluding carboxylic acids is 2. The van der Waals surface area contributed by atoms with Crippen LogP contribution in [0.2, 0.25) is 0 Å². The van der Waals surface area contributed by atoms with Gasteiger partial charge in [-0.05, 0) is 36.8 Å². The monoisotopic (exact) mass is 437 g/mol. The summed E-state index contributed by atoms with van der Waals surface area (Å²) in [5, 5.41) is 15.5. The minimum atomic E-state index is -0.472. The summed E-state index contributed by atoms with van der Waals surface area (Å²) in [6, 6.07) is 16.0. The van der Waals surface area contributed by atoms with Gasteiger partial charge in [0.05, 0.1) is 22.2 Å². The van der Waals surface area contributed by atoms with Gasteiger partial charge in [0.15, 0.2) is 17.4 Å². The molecule has 0 saturated carbocycles. The Bertz CT molecular complexity index is 1510. The zero-order valence-electron chi connectivity index (χ0n) is 17.3. The minimum absolute atomic E-state index is 0.0110. The molecular formula is C24H15N5O4. The number of carbonyl (C=O) groups is 2. The Morgan fingerprint density at radius 3 is 2.30 bits per heavy atom. The van der Waals surface area contributed by atoms with Crippen LogP contribution in [0.4, 0.5) is 11.5 Å². The molecule has 0 aliphatic heterocycles. The molecule has 1 aliphatic rings. The Morgan fingerprint density at radius 1 is 0.909 bits per heavy atom. The third-order valence-corrected chi connectivity index (χ3v) is 5.36. The van der Waals surface area contributed by atoms with Crippen LogP contribution in [-0.4, -0.2) is 32.7 Å². The summed E-state index contributed by atoms with van der Waals surface area (Å²) in [4.78, 5) is 45.4. The topological polar surface area (TPSA) is 127 Å². The molecule has 0 spiro atoms. The van der Waals surface area contributed by atoms with Crippen LogP contribution in [0.25, 0.3) is 10.9 Å². The third kappa shape index (κ3) is 3.41. The van der Waals surface area contributed by atoms with Gasteiger partial charge in [0, 0.05) is 34.2 Å². The molecule has 5 rings (SSSR count). The van der Waals surface area contributed by atoms with Gasteiger partial charge in [0.25, 0.3) is 5.69 Å². The minimum Gasteiger partial charge on any atom is -0.289 e. The molecule has 1 heterocycles. The first-order valence-electron chi connectivity index (χ1n) is 9.97. The van der Waals surface area contributed by atoms with Crippen LogP contribution in [0, 0.1) is 17.0 Å². The number of nitro benzene ring substituents is 1. The van der Waals surface area contributed by atoms with Crippen LogP contribution in [0.3, 0.4) is 0 Å². The van der Waals surface area contributed by atoms with Gasteiger partial charge in [-0.1, -0.05) is 24.3 Å². The molecule has 0 unspecified atom stereocenters. The van der Waals surface area contributed by atoms with Crippen molar-refractivity contribution in [1.82, 2.24) is 9.97 Å². The fraction of sp³-hybridized carbons (Fsp3) is 0.0417. The second-order valence-electron chi connectivity index (χ2n) is 7.43. The Balaban J connectivity index is 1.54. The van der Waals surface area contributed by atoms with E-state index in [4.69, 9.17) is 0 Å². The number of nitrogens with one attached hydrogen (secondary N) is 1. The fourth-order valence-corrected chi connectivity index (χ4v) is 3.82. The van der Waals surface area contributed by atoms with Gasteiger partial charge < -0.3 is 0 Å². The maximum atomic E-state index is 13.3. The molecule has 1 aliphatic carbocycles. The molecular weight excluding hydrogens is 422 g/mol. The number of aromatic nitrogens is 2. The van der Waals surface area contributed by atoms with E-state index in [1.165, 1.54) is 18.3 Å². The first-order chi connectivity index (χ1) is 15.9. The van der Waals surface area contributed by atoms with E-state index in [0.29, 0.717) is 44.8 Å². The van der Waals surface area contributed by atoms with Crippen molar-refractivity contribution in [2.75, 3.05) is 5.43 Å². The van der Waals surface area contributed by atoms with Crippen LogP contribution in [0.15, 0.2) is 65.8 Å². The van der Waals surface area contributed by atoms with Gasteiger partial charge in [-0.25, -0.2) is 9.97 Å². The number of hydrogen-bond donors (Lipinski definition) is 1. The molecule has 1 aromatic heterocycles. The molecule has 33 heavy (non-hydrogen) atoms. The van der Waals surface area contributed by atoms with Gasteiger partial charge >= 0.3 is 0 Å². The van der Waals surface area contributed by atoms with E-state index >= 15 is 0 Å². The number of anilines is 1. The highest BCUT2D eigenvalue weighted by molar-refractivity contribution is 6.32. The van der Waals surface area contributed by atoms with Crippen molar-refractivity contribution in [1.29, 1.82) is 0 Å². The van der Waals surface area contributed by atoms with Crippen molar-refractivity contribution in [3.05, 3.63) is 104 Å². The van der Waals surface area contributed by atoms with E-state index in [1.807, 2.05) is 0 Å². The highest BCUT2D eigenvalue weighted by Crippen LogP contribution is 2.33. The summed E-state index contributed by atoms with van der Waals surface area (Å²) in [5.74, 6) is 0.300. The first kappa shape index (κ1) is 20.1. The lowest BCUT2D eigenvalue weighted by molar-refractivity contribution is -0.384. The average molecular weight is 437 g/mol. The summed E-state index contributed by atoms with van der Waals surface area (Å²) in [5.41, 5.74) is 5.17. The number of nitro groups is 1. The fourth-order valence-electron chi connectivity index (χ4n) is 3.82. The number of ketones is 2. The highest BCUT2D eigenvalue weighted by Gasteiger charge is 2.32. The maximum absolute atomic E-state index is 13.3. The average Bonchev–Trinajstić information content (AvgIpc) is 2.82. The number of hydrazone groups is 1. The number of rotatable bonds is 4. The van der Waals surface area contributed by atoms with Gasteiger partial charge in [0.2, 0.25) is 0 Å². The molecule has 0 amide bonds. The highest BCUT2D eigenvalue weighted by atomic mass is 16.6. The predicted molar refractivity (Wildman–Crippen MR) is 122 cm³/mol.